The van der Waals surface area contributed by atoms with Gasteiger partial charge in [-0.15, -0.1) is 0 Å². The van der Waals surface area contributed by atoms with Gasteiger partial charge in [0, 0.05) is 25.6 Å². The number of H-pyrrole nitrogens is 1. The molecule has 0 spiro atoms. The summed E-state index contributed by atoms with van der Waals surface area (Å²) in [5, 5.41) is 7.10. The summed E-state index contributed by atoms with van der Waals surface area (Å²) in [6.45, 7) is 6.38. The number of hydrogen-bond acceptors (Lipinski definition) is 2. The smallest absolute Gasteiger partial charge is 0.149 e. The Labute approximate surface area is 85.0 Å². The Hall–Kier alpha value is -1.32. The van der Waals surface area contributed by atoms with Crippen molar-refractivity contribution >= 4 is 12.2 Å². The van der Waals surface area contributed by atoms with Crippen molar-refractivity contribution in [1.82, 2.24) is 15.1 Å². The molecule has 1 aromatic heterocycles. The highest BCUT2D eigenvalue weighted by molar-refractivity contribution is 5.59. The molecular formula is C10H18N4. The Morgan fingerprint density at radius 2 is 2.07 bits per heavy atom. The summed E-state index contributed by atoms with van der Waals surface area (Å²) in [6, 6.07) is 1.97. The molecule has 0 saturated carbocycles. The Bertz CT molecular complexity index is 317. The van der Waals surface area contributed by atoms with Crippen LogP contribution in [0.5, 0.6) is 0 Å². The van der Waals surface area contributed by atoms with Crippen molar-refractivity contribution < 1.29 is 0 Å². The number of nitrogens with zero attached hydrogens (tertiary/aromatic N) is 3. The van der Waals surface area contributed by atoms with E-state index in [4.69, 9.17) is 0 Å². The highest BCUT2D eigenvalue weighted by Crippen LogP contribution is 2.22. The zero-order valence-electron chi connectivity index (χ0n) is 9.50. The lowest BCUT2D eigenvalue weighted by Crippen LogP contribution is -2.11. The Kier molecular flexibility index (Phi) is 2.93. The first-order valence-corrected chi connectivity index (χ1v) is 4.66. The molecule has 4 heteroatoms. The minimum Gasteiger partial charge on any atom is -0.369 e. The lowest BCUT2D eigenvalue weighted by atomic mass is 9.92. The van der Waals surface area contributed by atoms with Gasteiger partial charge in [0.1, 0.15) is 5.82 Å². The third-order valence-electron chi connectivity index (χ3n) is 1.76. The van der Waals surface area contributed by atoms with Crippen LogP contribution in [0, 0.1) is 0 Å². The molecule has 1 rings (SSSR count). The summed E-state index contributed by atoms with van der Waals surface area (Å²) >= 11 is 0. The highest BCUT2D eigenvalue weighted by atomic mass is 15.2. The summed E-state index contributed by atoms with van der Waals surface area (Å²) in [7, 11) is 3.87. The van der Waals surface area contributed by atoms with E-state index in [0.717, 1.165) is 11.5 Å². The van der Waals surface area contributed by atoms with Crippen molar-refractivity contribution in [2.45, 2.75) is 26.2 Å². The molecule has 0 bridgehead atoms. The molecule has 1 heterocycles. The average Bonchev–Trinajstić information content (AvgIpc) is 2.47. The van der Waals surface area contributed by atoms with Crippen LogP contribution in [-0.2, 0) is 5.41 Å². The van der Waals surface area contributed by atoms with Crippen LogP contribution in [0.4, 0.5) is 5.82 Å². The van der Waals surface area contributed by atoms with E-state index in [0.29, 0.717) is 0 Å². The highest BCUT2D eigenvalue weighted by Gasteiger charge is 2.16. The van der Waals surface area contributed by atoms with Crippen molar-refractivity contribution in [2.75, 3.05) is 14.1 Å². The van der Waals surface area contributed by atoms with Crippen LogP contribution in [0.3, 0.4) is 0 Å². The van der Waals surface area contributed by atoms with Gasteiger partial charge in [-0.1, -0.05) is 20.8 Å². The Morgan fingerprint density at radius 1 is 1.43 bits per heavy atom. The molecule has 14 heavy (non-hydrogen) atoms. The van der Waals surface area contributed by atoms with E-state index in [-0.39, 0.29) is 5.41 Å². The number of aliphatic imine (C=N–C) groups is 1. The van der Waals surface area contributed by atoms with Crippen molar-refractivity contribution in [2.24, 2.45) is 4.99 Å². The van der Waals surface area contributed by atoms with E-state index in [9.17, 15) is 0 Å². The third-order valence-corrected chi connectivity index (χ3v) is 1.76. The fourth-order valence-electron chi connectivity index (χ4n) is 0.940. The predicted octanol–water partition coefficient (Wildman–Crippen LogP) is 1.93. The lowest BCUT2D eigenvalue weighted by molar-refractivity contribution is 0.567. The minimum atomic E-state index is 0.0718. The molecule has 0 saturated heterocycles. The minimum absolute atomic E-state index is 0.0718. The molecule has 0 aliphatic rings. The molecule has 0 radical (unpaired) electrons. The fraction of sp³-hybridized carbons (Fsp3) is 0.600. The van der Waals surface area contributed by atoms with Gasteiger partial charge in [-0.05, 0) is 0 Å². The summed E-state index contributed by atoms with van der Waals surface area (Å²) in [5.41, 5.74) is 1.10. The lowest BCUT2D eigenvalue weighted by Gasteiger charge is -2.13. The van der Waals surface area contributed by atoms with Crippen molar-refractivity contribution in [3.63, 3.8) is 0 Å². The standard InChI is InChI=1S/C10H18N4/c1-10(2,3)8-6-9(13-12-8)11-7-14(4)5/h6-7H,1-5H3,(H,12,13). The van der Waals surface area contributed by atoms with Crippen LogP contribution in [0.25, 0.3) is 0 Å². The van der Waals surface area contributed by atoms with E-state index in [1.165, 1.54) is 0 Å². The molecular weight excluding hydrogens is 176 g/mol. The van der Waals surface area contributed by atoms with Crippen molar-refractivity contribution in [3.8, 4) is 0 Å². The van der Waals surface area contributed by atoms with Gasteiger partial charge >= 0.3 is 0 Å². The number of hydrogen-bond donors (Lipinski definition) is 1. The van der Waals surface area contributed by atoms with Crippen LogP contribution in [0.2, 0.25) is 0 Å². The van der Waals surface area contributed by atoms with Crippen molar-refractivity contribution in [3.05, 3.63) is 11.8 Å². The van der Waals surface area contributed by atoms with E-state index < -0.39 is 0 Å². The summed E-state index contributed by atoms with van der Waals surface area (Å²) < 4.78 is 0. The first-order valence-electron chi connectivity index (χ1n) is 4.66. The maximum Gasteiger partial charge on any atom is 0.149 e. The zero-order chi connectivity index (χ0) is 10.8. The molecule has 0 amide bonds. The van der Waals surface area contributed by atoms with E-state index in [2.05, 4.69) is 36.0 Å². The predicted molar refractivity (Wildman–Crippen MR) is 59.1 cm³/mol. The molecule has 0 aliphatic carbocycles. The van der Waals surface area contributed by atoms with Crippen LogP contribution in [-0.4, -0.2) is 35.5 Å². The topological polar surface area (TPSA) is 44.3 Å². The van der Waals surface area contributed by atoms with Gasteiger partial charge in [-0.2, -0.15) is 5.10 Å². The second kappa shape index (κ2) is 3.82. The fourth-order valence-corrected chi connectivity index (χ4v) is 0.940. The van der Waals surface area contributed by atoms with Crippen LogP contribution in [0.1, 0.15) is 26.5 Å². The van der Waals surface area contributed by atoms with Gasteiger partial charge in [-0.25, -0.2) is 4.99 Å². The molecule has 0 aromatic carbocycles. The first kappa shape index (κ1) is 10.8. The molecule has 0 atom stereocenters. The molecule has 4 nitrogen and oxygen atoms in total. The molecule has 1 aromatic rings. The number of rotatable bonds is 2. The Morgan fingerprint density at radius 3 is 2.50 bits per heavy atom. The quantitative estimate of drug-likeness (QED) is 0.577. The van der Waals surface area contributed by atoms with Gasteiger partial charge < -0.3 is 4.90 Å². The van der Waals surface area contributed by atoms with Gasteiger partial charge in [0.25, 0.3) is 0 Å². The van der Waals surface area contributed by atoms with E-state index in [1.54, 1.807) is 6.34 Å². The number of aromatic nitrogens is 2. The average molecular weight is 194 g/mol. The molecule has 0 unspecified atom stereocenters. The summed E-state index contributed by atoms with van der Waals surface area (Å²) in [4.78, 5) is 6.11. The van der Waals surface area contributed by atoms with Crippen LogP contribution in [0.15, 0.2) is 11.1 Å². The molecule has 0 aliphatic heterocycles. The summed E-state index contributed by atoms with van der Waals surface area (Å²) in [5.74, 6) is 0.795. The third kappa shape index (κ3) is 2.87. The van der Waals surface area contributed by atoms with Gasteiger partial charge in [-0.3, -0.25) is 5.10 Å². The van der Waals surface area contributed by atoms with Crippen LogP contribution < -0.4 is 0 Å². The van der Waals surface area contributed by atoms with Crippen LogP contribution >= 0.6 is 0 Å². The van der Waals surface area contributed by atoms with Gasteiger partial charge in [0.05, 0.1) is 12.0 Å². The Balaban J connectivity index is 2.79. The number of nitrogens with one attached hydrogen (secondary N) is 1. The second-order valence-corrected chi connectivity index (χ2v) is 4.60. The molecule has 1 N–H and O–H groups in total. The van der Waals surface area contributed by atoms with E-state index >= 15 is 0 Å². The summed E-state index contributed by atoms with van der Waals surface area (Å²) in [6.07, 6.45) is 1.75. The maximum atomic E-state index is 4.22. The number of aromatic amines is 1. The monoisotopic (exact) mass is 194 g/mol. The normalized spacial score (nSPS) is 12.4. The van der Waals surface area contributed by atoms with E-state index in [1.807, 2.05) is 25.1 Å². The largest absolute Gasteiger partial charge is 0.369 e. The van der Waals surface area contributed by atoms with Gasteiger partial charge in [0.15, 0.2) is 0 Å². The zero-order valence-corrected chi connectivity index (χ0v) is 9.50. The maximum absolute atomic E-state index is 4.22. The van der Waals surface area contributed by atoms with Gasteiger partial charge in [0.2, 0.25) is 0 Å². The molecule has 0 fully saturated rings. The second-order valence-electron chi connectivity index (χ2n) is 4.60. The van der Waals surface area contributed by atoms with Crippen molar-refractivity contribution in [1.29, 1.82) is 0 Å². The first-order chi connectivity index (χ1) is 6.39. The SMILES string of the molecule is CN(C)C=Nc1cc(C(C)(C)C)n[nH]1. The molecule has 78 valence electrons.